The van der Waals surface area contributed by atoms with Crippen LogP contribution in [0.15, 0.2) is 97.2 Å². The third kappa shape index (κ3) is 75.3. The van der Waals surface area contributed by atoms with Gasteiger partial charge in [-0.15, -0.1) is 0 Å². The number of hydrogen-bond donors (Lipinski definition) is 1. The van der Waals surface area contributed by atoms with Crippen LogP contribution in [-0.2, 0) is 19.1 Å². The number of esters is 2. The number of carbonyl (C=O) groups is 2. The molecule has 0 saturated heterocycles. The molecule has 0 aliphatic rings. The molecule has 0 saturated carbocycles. The van der Waals surface area contributed by atoms with E-state index in [-0.39, 0.29) is 25.2 Å². The number of ether oxygens (including phenoxy) is 2. The molecular weight excluding hydrogens is 1080 g/mol. The van der Waals surface area contributed by atoms with E-state index in [0.29, 0.717) is 12.8 Å². The quantitative estimate of drug-likeness (QED) is 0.0373. The van der Waals surface area contributed by atoms with Crippen LogP contribution >= 0.6 is 0 Å². The molecule has 0 heterocycles. The summed E-state index contributed by atoms with van der Waals surface area (Å²) >= 11 is 0. The van der Waals surface area contributed by atoms with Crippen molar-refractivity contribution >= 4 is 11.9 Å². The summed E-state index contributed by atoms with van der Waals surface area (Å²) in [6, 6.07) is 0. The molecule has 5 heteroatoms. The number of aliphatic hydroxyl groups is 1. The molecule has 0 rings (SSSR count). The van der Waals surface area contributed by atoms with Crippen LogP contribution in [0.2, 0.25) is 0 Å². The number of hydrogen-bond acceptors (Lipinski definition) is 5. The van der Waals surface area contributed by atoms with Gasteiger partial charge in [-0.2, -0.15) is 0 Å². The lowest BCUT2D eigenvalue weighted by Gasteiger charge is -2.15. The van der Waals surface area contributed by atoms with Gasteiger partial charge in [0.25, 0.3) is 0 Å². The molecule has 88 heavy (non-hydrogen) atoms. The molecule has 0 radical (unpaired) electrons. The van der Waals surface area contributed by atoms with E-state index in [1.54, 1.807) is 0 Å². The predicted octanol–water partition coefficient (Wildman–Crippen LogP) is 27.3. The van der Waals surface area contributed by atoms with Crippen LogP contribution in [-0.4, -0.2) is 36.4 Å². The Bertz CT molecular complexity index is 1630. The molecule has 0 aliphatic carbocycles. The predicted molar refractivity (Wildman–Crippen MR) is 389 cm³/mol. The average molecular weight is 1230 g/mol. The van der Waals surface area contributed by atoms with Gasteiger partial charge in [-0.3, -0.25) is 9.59 Å². The molecule has 0 bridgehead atoms. The van der Waals surface area contributed by atoms with Gasteiger partial charge >= 0.3 is 11.9 Å². The fourth-order valence-electron chi connectivity index (χ4n) is 11.6. The normalized spacial score (nSPS) is 12.7. The van der Waals surface area contributed by atoms with Gasteiger partial charge in [0.15, 0.2) is 6.10 Å². The second-order valence-electron chi connectivity index (χ2n) is 26.1. The Morgan fingerprint density at radius 3 is 0.739 bits per heavy atom. The van der Waals surface area contributed by atoms with Crippen LogP contribution < -0.4 is 0 Å². The molecule has 0 fully saturated rings. The summed E-state index contributed by atoms with van der Waals surface area (Å²) in [7, 11) is 0. The van der Waals surface area contributed by atoms with Crippen molar-refractivity contribution in [1.29, 1.82) is 0 Å². The van der Waals surface area contributed by atoms with Crippen molar-refractivity contribution in [2.24, 2.45) is 0 Å². The zero-order valence-electron chi connectivity index (χ0n) is 58.7. The number of rotatable bonds is 72. The smallest absolute Gasteiger partial charge is 0.306 e. The van der Waals surface area contributed by atoms with Crippen LogP contribution in [0.4, 0.5) is 0 Å². The summed E-state index contributed by atoms with van der Waals surface area (Å²) in [5.74, 6) is -0.569. The number of unbranched alkanes of at least 4 members (excludes halogenated alkanes) is 48. The molecule has 0 spiro atoms. The lowest BCUT2D eigenvalue weighted by atomic mass is 10.0. The van der Waals surface area contributed by atoms with Crippen LogP contribution in [0.25, 0.3) is 0 Å². The van der Waals surface area contributed by atoms with E-state index in [0.717, 1.165) is 83.5 Å². The topological polar surface area (TPSA) is 72.8 Å². The van der Waals surface area contributed by atoms with Crippen molar-refractivity contribution in [3.63, 3.8) is 0 Å². The highest BCUT2D eigenvalue weighted by atomic mass is 16.6. The molecule has 0 aliphatic heterocycles. The van der Waals surface area contributed by atoms with E-state index in [1.165, 1.54) is 289 Å². The standard InChI is InChI=1S/C83H148O5/c1-3-5-7-9-11-13-15-17-19-21-23-25-27-29-31-33-35-37-38-39-40-41-42-43-44-46-48-50-52-54-56-58-60-62-64-66-68-70-72-74-76-78-83(86)88-81(79-84)80-87-82(85)77-75-73-71-69-67-65-63-61-59-57-55-53-51-49-47-45-36-34-32-30-28-26-24-22-20-18-16-14-12-10-8-6-4-2/h5,7,11,13,16-19,22-25,29,31,35,37,81,84H,3-4,6,8-10,12,14-15,20-21,26-28,30,32-34,36,38-80H2,1-2H3/b7-5-,13-11-,18-16-,19-17-,24-22-,25-23-,31-29-,37-35-. The number of allylic oxidation sites excluding steroid dienone is 16. The largest absolute Gasteiger partial charge is 0.462 e. The van der Waals surface area contributed by atoms with Crippen molar-refractivity contribution in [3.8, 4) is 0 Å². The zero-order chi connectivity index (χ0) is 63.3. The van der Waals surface area contributed by atoms with E-state index in [1.807, 2.05) is 0 Å². The van der Waals surface area contributed by atoms with Gasteiger partial charge in [-0.1, -0.05) is 387 Å². The SMILES string of the molecule is CC/C=C\C/C=C\C/C=C\C/C=C\C/C=C\C/C=C\CCCCCCCCCCCCCCCCCCCCCCCCC(=O)OC(CO)COC(=O)CCCCCCCCCCCCCCCCCCCCCCC/C=C\C/C=C\CCCCCCC. The second-order valence-corrected chi connectivity index (χ2v) is 26.1. The van der Waals surface area contributed by atoms with Gasteiger partial charge in [0.1, 0.15) is 6.61 Å². The maximum atomic E-state index is 12.4. The summed E-state index contributed by atoms with van der Waals surface area (Å²) < 4.78 is 10.8. The van der Waals surface area contributed by atoms with Crippen LogP contribution in [0.1, 0.15) is 399 Å². The lowest BCUT2D eigenvalue weighted by molar-refractivity contribution is -0.161. The molecule has 0 aromatic heterocycles. The van der Waals surface area contributed by atoms with Crippen molar-refractivity contribution in [2.75, 3.05) is 13.2 Å². The highest BCUT2D eigenvalue weighted by Gasteiger charge is 2.16. The Labute approximate surface area is 548 Å². The number of aliphatic hydroxyl groups excluding tert-OH is 1. The first-order valence-electron chi connectivity index (χ1n) is 38.8. The molecule has 5 nitrogen and oxygen atoms in total. The maximum absolute atomic E-state index is 12.4. The van der Waals surface area contributed by atoms with Crippen molar-refractivity contribution < 1.29 is 24.2 Å². The lowest BCUT2D eigenvalue weighted by Crippen LogP contribution is -2.28. The second kappa shape index (κ2) is 78.1. The summed E-state index contributed by atoms with van der Waals surface area (Å²) in [4.78, 5) is 24.7. The van der Waals surface area contributed by atoms with Crippen molar-refractivity contribution in [2.45, 2.75) is 405 Å². The van der Waals surface area contributed by atoms with Gasteiger partial charge in [-0.25, -0.2) is 0 Å². The Kier molecular flexibility index (Phi) is 75.2. The molecule has 1 N–H and O–H groups in total. The monoisotopic (exact) mass is 1230 g/mol. The average Bonchev–Trinajstić information content (AvgIpc) is 3.56. The van der Waals surface area contributed by atoms with Gasteiger partial charge in [0.05, 0.1) is 6.61 Å². The third-order valence-electron chi connectivity index (χ3n) is 17.4. The summed E-state index contributed by atoms with van der Waals surface area (Å²) in [6.07, 6.45) is 112. The van der Waals surface area contributed by atoms with E-state index >= 15 is 0 Å². The summed E-state index contributed by atoms with van der Waals surface area (Å²) in [6.45, 7) is 4.07. The molecule has 0 amide bonds. The van der Waals surface area contributed by atoms with E-state index in [9.17, 15) is 14.7 Å². The van der Waals surface area contributed by atoms with Gasteiger partial charge < -0.3 is 14.6 Å². The van der Waals surface area contributed by atoms with Gasteiger partial charge in [-0.05, 0) is 96.3 Å². The molecule has 1 atom stereocenters. The first-order valence-corrected chi connectivity index (χ1v) is 38.8. The molecule has 510 valence electrons. The summed E-state index contributed by atoms with van der Waals surface area (Å²) in [5, 5.41) is 9.73. The first kappa shape index (κ1) is 84.8. The van der Waals surface area contributed by atoms with Crippen LogP contribution in [0.3, 0.4) is 0 Å². The van der Waals surface area contributed by atoms with E-state index in [2.05, 4.69) is 111 Å². The van der Waals surface area contributed by atoms with Crippen LogP contribution in [0, 0.1) is 0 Å². The highest BCUT2D eigenvalue weighted by molar-refractivity contribution is 5.70. The molecule has 1 unspecified atom stereocenters. The third-order valence-corrected chi connectivity index (χ3v) is 17.4. The van der Waals surface area contributed by atoms with Crippen molar-refractivity contribution in [1.82, 2.24) is 0 Å². The van der Waals surface area contributed by atoms with Crippen molar-refractivity contribution in [3.05, 3.63) is 97.2 Å². The fourth-order valence-corrected chi connectivity index (χ4v) is 11.6. The summed E-state index contributed by atoms with van der Waals surface area (Å²) in [5.41, 5.74) is 0. The number of carbonyl (C=O) groups excluding carboxylic acids is 2. The fraction of sp³-hybridized carbons (Fsp3) is 0.783. The van der Waals surface area contributed by atoms with E-state index in [4.69, 9.17) is 9.47 Å². The minimum Gasteiger partial charge on any atom is -0.462 e. The maximum Gasteiger partial charge on any atom is 0.306 e. The zero-order valence-corrected chi connectivity index (χ0v) is 58.7. The highest BCUT2D eigenvalue weighted by Crippen LogP contribution is 2.19. The Morgan fingerprint density at radius 1 is 0.273 bits per heavy atom. The Balaban J connectivity index is 3.40. The first-order chi connectivity index (χ1) is 43.6. The van der Waals surface area contributed by atoms with Gasteiger partial charge in [0.2, 0.25) is 0 Å². The molecule has 0 aromatic carbocycles. The minimum absolute atomic E-state index is 0.0621. The molecular formula is C83H148O5. The van der Waals surface area contributed by atoms with E-state index < -0.39 is 6.10 Å². The Morgan fingerprint density at radius 2 is 0.489 bits per heavy atom. The van der Waals surface area contributed by atoms with Gasteiger partial charge in [0, 0.05) is 12.8 Å². The minimum atomic E-state index is -0.774. The Hall–Kier alpha value is -3.18. The van der Waals surface area contributed by atoms with Crippen LogP contribution in [0.5, 0.6) is 0 Å². The molecule has 0 aromatic rings.